The zero-order valence-corrected chi connectivity index (χ0v) is 18.9. The van der Waals surface area contributed by atoms with Crippen LogP contribution in [-0.4, -0.2) is 75.4 Å². The van der Waals surface area contributed by atoms with Crippen LogP contribution in [0, 0.1) is 0 Å². The van der Waals surface area contributed by atoms with Crippen molar-refractivity contribution >= 4 is 41.4 Å². The van der Waals surface area contributed by atoms with Crippen LogP contribution in [0.2, 0.25) is 0 Å². The van der Waals surface area contributed by atoms with E-state index in [1.807, 2.05) is 42.8 Å². The smallest absolute Gasteiger partial charge is 0.320 e. The molecule has 0 amide bonds. The van der Waals surface area contributed by atoms with Gasteiger partial charge in [0.05, 0.1) is 0 Å². The fourth-order valence-electron chi connectivity index (χ4n) is 1.69. The Morgan fingerprint density at radius 1 is 0.767 bits per heavy atom. The van der Waals surface area contributed by atoms with Crippen LogP contribution in [0.1, 0.15) is 18.4 Å². The van der Waals surface area contributed by atoms with E-state index in [1.165, 1.54) is 0 Å². The Hall–Kier alpha value is -1.79. The average molecular weight is 464 g/mol. The largest absolute Gasteiger partial charge is 0.480 e. The van der Waals surface area contributed by atoms with Gasteiger partial charge in [0.1, 0.15) is 18.1 Å². The van der Waals surface area contributed by atoms with Gasteiger partial charge in [-0.2, -0.15) is 23.5 Å². The van der Waals surface area contributed by atoms with E-state index < -0.39 is 36.0 Å². The van der Waals surface area contributed by atoms with Gasteiger partial charge in [0, 0.05) is 0 Å². The molecule has 1 aromatic carbocycles. The molecule has 0 aliphatic heterocycles. The van der Waals surface area contributed by atoms with Gasteiger partial charge in [-0.05, 0) is 48.8 Å². The minimum Gasteiger partial charge on any atom is -0.480 e. The maximum Gasteiger partial charge on any atom is 0.320 e. The highest BCUT2D eigenvalue weighted by Crippen LogP contribution is 2.01. The van der Waals surface area contributed by atoms with Gasteiger partial charge in [-0.25, -0.2) is 0 Å². The Morgan fingerprint density at radius 3 is 1.43 bits per heavy atom. The monoisotopic (exact) mass is 463 g/mol. The van der Waals surface area contributed by atoms with Crippen LogP contribution >= 0.6 is 23.5 Å². The first kappa shape index (κ1) is 30.4. The van der Waals surface area contributed by atoms with Crippen molar-refractivity contribution in [1.82, 2.24) is 0 Å². The third-order valence-electron chi connectivity index (χ3n) is 3.52. The number of carboxylic acids is 3. The zero-order valence-electron chi connectivity index (χ0n) is 17.3. The fraction of sp³-hybridized carbons (Fsp3) is 0.526. The highest BCUT2D eigenvalue weighted by atomic mass is 32.2. The summed E-state index contributed by atoms with van der Waals surface area (Å²) < 4.78 is 0. The van der Waals surface area contributed by atoms with Crippen LogP contribution in [0.5, 0.6) is 0 Å². The summed E-state index contributed by atoms with van der Waals surface area (Å²) in [6, 6.07) is 7.18. The lowest BCUT2D eigenvalue weighted by Crippen LogP contribution is -2.32. The maximum atomic E-state index is 10.4. The number of carboxylic acid groups (broad SMARTS) is 3. The molecule has 0 bridgehead atoms. The second-order valence-electron chi connectivity index (χ2n) is 6.09. The zero-order chi connectivity index (χ0) is 23.5. The van der Waals surface area contributed by atoms with Gasteiger partial charge >= 0.3 is 17.9 Å². The summed E-state index contributed by atoms with van der Waals surface area (Å²) in [5.74, 6) is -1.16. The first-order valence-electron chi connectivity index (χ1n) is 9.03. The fourth-order valence-corrected chi connectivity index (χ4v) is 2.67. The molecule has 0 heterocycles. The second kappa shape index (κ2) is 19.2. The van der Waals surface area contributed by atoms with Gasteiger partial charge in [-0.15, -0.1) is 0 Å². The van der Waals surface area contributed by atoms with Gasteiger partial charge in [0.15, 0.2) is 0 Å². The van der Waals surface area contributed by atoms with E-state index in [4.69, 9.17) is 32.5 Å². The molecule has 3 unspecified atom stereocenters. The van der Waals surface area contributed by atoms with Gasteiger partial charge in [-0.1, -0.05) is 30.3 Å². The molecule has 30 heavy (non-hydrogen) atoms. The number of hydrogen-bond donors (Lipinski definition) is 6. The van der Waals surface area contributed by atoms with Crippen molar-refractivity contribution in [3.8, 4) is 0 Å². The third-order valence-corrected chi connectivity index (χ3v) is 4.80. The molecule has 9 nitrogen and oxygen atoms in total. The van der Waals surface area contributed by atoms with Crippen molar-refractivity contribution in [3.63, 3.8) is 0 Å². The molecule has 9 N–H and O–H groups in total. The summed E-state index contributed by atoms with van der Waals surface area (Å²) in [5.41, 5.74) is 16.7. The summed E-state index contributed by atoms with van der Waals surface area (Å²) in [4.78, 5) is 30.5. The van der Waals surface area contributed by atoms with E-state index in [9.17, 15) is 14.4 Å². The first-order chi connectivity index (χ1) is 14.1. The number of aliphatic carboxylic acids is 3. The van der Waals surface area contributed by atoms with Crippen LogP contribution in [0.25, 0.3) is 0 Å². The molecular formula is C19H33N3O6S2. The number of thioether (sulfide) groups is 2. The van der Waals surface area contributed by atoms with Crippen LogP contribution in [0.4, 0.5) is 0 Å². The topological polar surface area (TPSA) is 190 Å². The number of carbonyl (C=O) groups is 3. The Kier molecular flexibility index (Phi) is 19.4. The molecule has 0 saturated heterocycles. The lowest BCUT2D eigenvalue weighted by Gasteiger charge is -2.04. The molecule has 0 aliphatic carbocycles. The van der Waals surface area contributed by atoms with Crippen LogP contribution < -0.4 is 17.2 Å². The summed E-state index contributed by atoms with van der Waals surface area (Å²) in [6.07, 6.45) is 5.34. The van der Waals surface area contributed by atoms with Crippen molar-refractivity contribution in [2.45, 2.75) is 37.4 Å². The molecule has 0 aromatic heterocycles. The van der Waals surface area contributed by atoms with Crippen molar-refractivity contribution in [3.05, 3.63) is 35.9 Å². The summed E-state index contributed by atoms with van der Waals surface area (Å²) in [5, 5.41) is 25.1. The number of rotatable bonds is 11. The molecule has 172 valence electrons. The SMILES string of the molecule is CSCCC(N)C(=O)O.CSCCC(N)C(=O)O.NC(Cc1ccccc1)C(=O)O. The summed E-state index contributed by atoms with van der Waals surface area (Å²) >= 11 is 3.21. The average Bonchev–Trinajstić information content (AvgIpc) is 2.71. The van der Waals surface area contributed by atoms with Crippen LogP contribution in [0.3, 0.4) is 0 Å². The molecule has 11 heteroatoms. The highest BCUT2D eigenvalue weighted by Gasteiger charge is 2.11. The molecule has 0 fully saturated rings. The number of hydrogen-bond acceptors (Lipinski definition) is 8. The van der Waals surface area contributed by atoms with E-state index in [2.05, 4.69) is 0 Å². The molecule has 0 saturated carbocycles. The molecule has 1 rings (SSSR count). The van der Waals surface area contributed by atoms with E-state index in [0.29, 0.717) is 19.3 Å². The van der Waals surface area contributed by atoms with Gasteiger partial charge < -0.3 is 32.5 Å². The normalized spacial score (nSPS) is 12.8. The Balaban J connectivity index is 0. The molecule has 0 radical (unpaired) electrons. The quantitative estimate of drug-likeness (QED) is 0.274. The molecule has 0 spiro atoms. The third kappa shape index (κ3) is 18.3. The van der Waals surface area contributed by atoms with Crippen molar-refractivity contribution in [1.29, 1.82) is 0 Å². The van der Waals surface area contributed by atoms with Crippen LogP contribution in [0.15, 0.2) is 30.3 Å². The summed E-state index contributed by atoms with van der Waals surface area (Å²) in [7, 11) is 0. The van der Waals surface area contributed by atoms with Crippen molar-refractivity contribution in [2.75, 3.05) is 24.0 Å². The van der Waals surface area contributed by atoms with Crippen molar-refractivity contribution < 1.29 is 29.7 Å². The van der Waals surface area contributed by atoms with Crippen LogP contribution in [-0.2, 0) is 20.8 Å². The summed E-state index contributed by atoms with van der Waals surface area (Å²) in [6.45, 7) is 0. The minimum atomic E-state index is -0.959. The van der Waals surface area contributed by atoms with E-state index in [0.717, 1.165) is 17.1 Å². The molecule has 1 aromatic rings. The standard InChI is InChI=1S/C9H11NO2.2C5H11NO2S/c10-8(9(11)12)6-7-4-2-1-3-5-7;2*1-9-3-2-4(6)5(7)8/h1-5,8H,6,10H2,(H,11,12);2*4H,2-3,6H2,1H3,(H,7,8). The molecule has 3 atom stereocenters. The predicted molar refractivity (Wildman–Crippen MR) is 123 cm³/mol. The molecule has 0 aliphatic rings. The Labute approximate surface area is 185 Å². The van der Waals surface area contributed by atoms with Crippen molar-refractivity contribution in [2.24, 2.45) is 17.2 Å². The highest BCUT2D eigenvalue weighted by molar-refractivity contribution is 7.98. The molecular weight excluding hydrogens is 430 g/mol. The van der Waals surface area contributed by atoms with Gasteiger partial charge in [-0.3, -0.25) is 14.4 Å². The van der Waals surface area contributed by atoms with E-state index >= 15 is 0 Å². The lowest BCUT2D eigenvalue weighted by molar-refractivity contribution is -0.139. The van der Waals surface area contributed by atoms with E-state index in [1.54, 1.807) is 23.5 Å². The second-order valence-corrected chi connectivity index (χ2v) is 8.06. The van der Waals surface area contributed by atoms with Gasteiger partial charge in [0.2, 0.25) is 0 Å². The minimum absolute atomic E-state index is 0.385. The Bertz CT molecular complexity index is 583. The van der Waals surface area contributed by atoms with E-state index in [-0.39, 0.29) is 0 Å². The first-order valence-corrected chi connectivity index (χ1v) is 11.8. The lowest BCUT2D eigenvalue weighted by atomic mass is 10.1. The van der Waals surface area contributed by atoms with Gasteiger partial charge in [0.25, 0.3) is 0 Å². The maximum absolute atomic E-state index is 10.4. The predicted octanol–water partition coefficient (Wildman–Crippen LogP) is 0.944. The number of nitrogens with two attached hydrogens (primary N) is 3. The Morgan fingerprint density at radius 2 is 1.13 bits per heavy atom. The number of benzene rings is 1.